The van der Waals surface area contributed by atoms with E-state index in [9.17, 15) is 14.4 Å². The number of carbonyl (C=O) groups excluding carboxylic acids is 3. The number of benzene rings is 2. The first-order valence-corrected chi connectivity index (χ1v) is 11.1. The van der Waals surface area contributed by atoms with Crippen molar-refractivity contribution in [3.63, 3.8) is 0 Å². The zero-order valence-corrected chi connectivity index (χ0v) is 18.5. The number of hydrogen-bond donors (Lipinski definition) is 2. The smallest absolute Gasteiger partial charge is 0.242 e. The van der Waals surface area contributed by atoms with Gasteiger partial charge in [0.25, 0.3) is 0 Å². The van der Waals surface area contributed by atoms with Crippen LogP contribution in [0.2, 0.25) is 0 Å². The molecule has 0 aromatic heterocycles. The van der Waals surface area contributed by atoms with Crippen LogP contribution in [-0.4, -0.2) is 37.4 Å². The summed E-state index contributed by atoms with van der Waals surface area (Å²) in [5, 5.41) is 5.88. The minimum atomic E-state index is -0.679. The number of anilines is 1. The van der Waals surface area contributed by atoms with Gasteiger partial charge in [-0.15, -0.1) is 0 Å². The fourth-order valence-electron chi connectivity index (χ4n) is 4.49. The maximum atomic E-state index is 12.8. The Hall–Kier alpha value is -3.35. The van der Waals surface area contributed by atoms with Crippen molar-refractivity contribution in [3.05, 3.63) is 59.7 Å². The van der Waals surface area contributed by atoms with E-state index in [1.165, 1.54) is 5.56 Å². The molecule has 1 aliphatic heterocycles. The molecule has 2 aromatic rings. The summed E-state index contributed by atoms with van der Waals surface area (Å²) in [4.78, 5) is 39.6. The van der Waals surface area contributed by atoms with Crippen molar-refractivity contribution < 1.29 is 19.1 Å². The topological polar surface area (TPSA) is 87.7 Å². The molecule has 1 aliphatic carbocycles. The predicted octanol–water partition coefficient (Wildman–Crippen LogP) is 2.75. The molecular weight excluding hydrogens is 406 g/mol. The van der Waals surface area contributed by atoms with Gasteiger partial charge in [-0.1, -0.05) is 24.3 Å². The summed E-state index contributed by atoms with van der Waals surface area (Å²) in [6.07, 6.45) is 3.06. The molecule has 2 aliphatic rings. The maximum absolute atomic E-state index is 12.8. The van der Waals surface area contributed by atoms with Crippen molar-refractivity contribution in [3.8, 4) is 5.75 Å². The molecule has 0 spiro atoms. The van der Waals surface area contributed by atoms with Crippen LogP contribution in [0.4, 0.5) is 5.69 Å². The Morgan fingerprint density at radius 1 is 1.12 bits per heavy atom. The highest BCUT2D eigenvalue weighted by Crippen LogP contribution is 2.30. The second-order valence-corrected chi connectivity index (χ2v) is 8.49. The van der Waals surface area contributed by atoms with Gasteiger partial charge in [-0.05, 0) is 61.6 Å². The third kappa shape index (κ3) is 4.61. The van der Waals surface area contributed by atoms with Crippen molar-refractivity contribution >= 4 is 23.4 Å². The van der Waals surface area contributed by atoms with Crippen LogP contribution in [0, 0.1) is 5.92 Å². The van der Waals surface area contributed by atoms with Crippen LogP contribution in [-0.2, 0) is 20.8 Å². The van der Waals surface area contributed by atoms with Gasteiger partial charge in [0, 0.05) is 18.7 Å². The molecule has 32 heavy (non-hydrogen) atoms. The third-order valence-corrected chi connectivity index (χ3v) is 6.32. The third-order valence-electron chi connectivity index (χ3n) is 6.32. The van der Waals surface area contributed by atoms with Gasteiger partial charge < -0.3 is 20.3 Å². The molecule has 2 N–H and O–H groups in total. The quantitative estimate of drug-likeness (QED) is 0.730. The van der Waals surface area contributed by atoms with E-state index in [-0.39, 0.29) is 30.2 Å². The van der Waals surface area contributed by atoms with Crippen LogP contribution in [0.1, 0.15) is 43.4 Å². The monoisotopic (exact) mass is 435 g/mol. The van der Waals surface area contributed by atoms with E-state index in [4.69, 9.17) is 4.74 Å². The van der Waals surface area contributed by atoms with Gasteiger partial charge in [0.1, 0.15) is 11.8 Å². The highest BCUT2D eigenvalue weighted by Gasteiger charge is 2.36. The van der Waals surface area contributed by atoms with Crippen molar-refractivity contribution in [2.45, 2.75) is 44.7 Å². The van der Waals surface area contributed by atoms with E-state index in [0.29, 0.717) is 12.3 Å². The average Bonchev–Trinajstić information content (AvgIpc) is 3.21. The van der Waals surface area contributed by atoms with E-state index in [2.05, 4.69) is 22.8 Å². The van der Waals surface area contributed by atoms with Crippen LogP contribution < -0.4 is 20.3 Å². The van der Waals surface area contributed by atoms with Crippen LogP contribution in [0.5, 0.6) is 5.75 Å². The average molecular weight is 436 g/mol. The molecule has 3 atom stereocenters. The molecule has 7 heteroatoms. The molecule has 168 valence electrons. The lowest BCUT2D eigenvalue weighted by atomic mass is 9.87. The number of nitrogens with zero attached hydrogens (tertiary/aromatic N) is 1. The van der Waals surface area contributed by atoms with Crippen molar-refractivity contribution in [1.29, 1.82) is 0 Å². The fraction of sp³-hybridized carbons (Fsp3) is 0.400. The molecule has 0 saturated carbocycles. The van der Waals surface area contributed by atoms with Gasteiger partial charge in [-0.25, -0.2) is 0 Å². The first-order valence-electron chi connectivity index (χ1n) is 11.1. The van der Waals surface area contributed by atoms with Crippen molar-refractivity contribution in [1.82, 2.24) is 10.6 Å². The maximum Gasteiger partial charge on any atom is 0.242 e. The first-order chi connectivity index (χ1) is 15.5. The van der Waals surface area contributed by atoms with Gasteiger partial charge in [0.2, 0.25) is 17.7 Å². The van der Waals surface area contributed by atoms with Crippen LogP contribution in [0.25, 0.3) is 0 Å². The summed E-state index contributed by atoms with van der Waals surface area (Å²) in [7, 11) is 1.58. The molecule has 7 nitrogen and oxygen atoms in total. The Labute approximate surface area is 188 Å². The second kappa shape index (κ2) is 9.42. The summed E-state index contributed by atoms with van der Waals surface area (Å²) in [6.45, 7) is 1.97. The molecule has 3 unspecified atom stereocenters. The van der Waals surface area contributed by atoms with Gasteiger partial charge in [-0.2, -0.15) is 0 Å². The Bertz CT molecular complexity index is 1000. The number of nitrogens with one attached hydrogen (secondary N) is 2. The Morgan fingerprint density at radius 2 is 1.88 bits per heavy atom. The lowest BCUT2D eigenvalue weighted by Crippen LogP contribution is -2.48. The molecule has 1 saturated heterocycles. The Kier molecular flexibility index (Phi) is 6.44. The molecule has 1 fully saturated rings. The summed E-state index contributed by atoms with van der Waals surface area (Å²) in [6, 6.07) is 14.6. The molecule has 0 radical (unpaired) electrons. The zero-order valence-electron chi connectivity index (χ0n) is 18.5. The van der Waals surface area contributed by atoms with Crippen molar-refractivity contribution in [2.75, 3.05) is 18.6 Å². The number of fused-ring (bicyclic) bond motifs is 1. The normalized spacial score (nSPS) is 20.9. The van der Waals surface area contributed by atoms with Gasteiger partial charge >= 0.3 is 0 Å². The van der Waals surface area contributed by atoms with E-state index in [0.717, 1.165) is 30.5 Å². The minimum Gasteiger partial charge on any atom is -0.497 e. The highest BCUT2D eigenvalue weighted by atomic mass is 16.5. The molecule has 0 bridgehead atoms. The highest BCUT2D eigenvalue weighted by molar-refractivity contribution is 6.01. The van der Waals surface area contributed by atoms with Gasteiger partial charge in [-0.3, -0.25) is 14.4 Å². The number of aryl methyl sites for hydroxylation is 1. The number of amides is 3. The van der Waals surface area contributed by atoms with Gasteiger partial charge in [0.05, 0.1) is 19.1 Å². The second-order valence-electron chi connectivity index (χ2n) is 8.49. The fourth-order valence-corrected chi connectivity index (χ4v) is 4.49. The van der Waals surface area contributed by atoms with Crippen LogP contribution in [0.3, 0.4) is 0 Å². The lowest BCUT2D eigenvalue weighted by Gasteiger charge is -2.28. The summed E-state index contributed by atoms with van der Waals surface area (Å²) in [5.74, 6) is -0.381. The number of carbonyl (C=O) groups is 3. The Balaban J connectivity index is 1.33. The number of rotatable bonds is 6. The largest absolute Gasteiger partial charge is 0.497 e. The molecule has 1 heterocycles. The summed E-state index contributed by atoms with van der Waals surface area (Å²) in [5.41, 5.74) is 3.15. The SMILES string of the molecule is COc1ccc(N2CC(C(=O)NC(C)C(=O)NC3CCCc4ccccc43)CC2=O)cc1. The van der Waals surface area contributed by atoms with Crippen LogP contribution in [0.15, 0.2) is 48.5 Å². The number of hydrogen-bond acceptors (Lipinski definition) is 4. The van der Waals surface area contributed by atoms with E-state index >= 15 is 0 Å². The molecule has 4 rings (SSSR count). The van der Waals surface area contributed by atoms with E-state index < -0.39 is 12.0 Å². The summed E-state index contributed by atoms with van der Waals surface area (Å²) < 4.78 is 5.15. The number of methoxy groups -OCH3 is 1. The molecule has 3 amide bonds. The summed E-state index contributed by atoms with van der Waals surface area (Å²) >= 11 is 0. The predicted molar refractivity (Wildman–Crippen MR) is 121 cm³/mol. The lowest BCUT2D eigenvalue weighted by molar-refractivity contribution is -0.131. The molecule has 2 aromatic carbocycles. The van der Waals surface area contributed by atoms with E-state index in [1.54, 1.807) is 43.2 Å². The first kappa shape index (κ1) is 21.9. The molecular formula is C25H29N3O4. The standard InChI is InChI=1S/C25H29N3O4/c1-16(24(30)27-22-9-5-7-17-6-3-4-8-21(17)22)26-25(31)18-14-23(29)28(15-18)19-10-12-20(32-2)13-11-19/h3-4,6,8,10-13,16,18,22H,5,7,9,14-15H2,1-2H3,(H,26,31)(H,27,30). The minimum absolute atomic E-state index is 0.0366. The van der Waals surface area contributed by atoms with Crippen molar-refractivity contribution in [2.24, 2.45) is 5.92 Å². The van der Waals surface area contributed by atoms with Crippen LogP contribution >= 0.6 is 0 Å². The Morgan fingerprint density at radius 3 is 2.62 bits per heavy atom. The van der Waals surface area contributed by atoms with E-state index in [1.807, 2.05) is 12.1 Å². The van der Waals surface area contributed by atoms with Gasteiger partial charge in [0.15, 0.2) is 0 Å². The number of ether oxygens (including phenoxy) is 1. The zero-order chi connectivity index (χ0) is 22.7.